The van der Waals surface area contributed by atoms with Gasteiger partial charge in [0.05, 0.1) is 5.69 Å². The summed E-state index contributed by atoms with van der Waals surface area (Å²) in [7, 11) is 3.99. The smallest absolute Gasteiger partial charge is 0.262 e. The van der Waals surface area contributed by atoms with Gasteiger partial charge < -0.3 is 20.3 Å². The first kappa shape index (κ1) is 21.4. The quantitative estimate of drug-likeness (QED) is 0.610. The van der Waals surface area contributed by atoms with Crippen LogP contribution in [0.5, 0.6) is 5.75 Å². The van der Waals surface area contributed by atoms with E-state index in [-0.39, 0.29) is 24.5 Å². The summed E-state index contributed by atoms with van der Waals surface area (Å²) in [6, 6.07) is 5.92. The fourth-order valence-corrected chi connectivity index (χ4v) is 2.94. The SMILES string of the molecule is C=C/C=C(\C=C)CCC(=O)NCC(Cc1ccc2c(c1)OCC(=O)N2)N(C)C. The molecule has 1 heterocycles. The van der Waals surface area contributed by atoms with Crippen LogP contribution in [0.15, 0.2) is 55.2 Å². The first-order chi connectivity index (χ1) is 13.4. The molecule has 2 amide bonds. The Morgan fingerprint density at radius 3 is 2.82 bits per heavy atom. The molecule has 0 spiro atoms. The number of rotatable bonds is 10. The zero-order valence-corrected chi connectivity index (χ0v) is 16.7. The highest BCUT2D eigenvalue weighted by molar-refractivity contribution is 5.95. The van der Waals surface area contributed by atoms with Crippen molar-refractivity contribution in [2.75, 3.05) is 32.6 Å². The number of carbonyl (C=O) groups is 2. The molecule has 0 saturated heterocycles. The van der Waals surface area contributed by atoms with Crippen LogP contribution in [-0.4, -0.2) is 50.0 Å². The van der Waals surface area contributed by atoms with Crippen LogP contribution >= 0.6 is 0 Å². The van der Waals surface area contributed by atoms with Crippen LogP contribution in [0, 0.1) is 0 Å². The molecule has 28 heavy (non-hydrogen) atoms. The van der Waals surface area contributed by atoms with Gasteiger partial charge in [0.25, 0.3) is 5.91 Å². The van der Waals surface area contributed by atoms with Crippen LogP contribution in [0.25, 0.3) is 0 Å². The Morgan fingerprint density at radius 1 is 1.36 bits per heavy atom. The lowest BCUT2D eigenvalue weighted by molar-refractivity contribution is -0.121. The molecule has 1 aliphatic rings. The van der Waals surface area contributed by atoms with Crippen LogP contribution < -0.4 is 15.4 Å². The van der Waals surface area contributed by atoms with Gasteiger partial charge in [-0.25, -0.2) is 0 Å². The zero-order valence-electron chi connectivity index (χ0n) is 16.7. The fourth-order valence-electron chi connectivity index (χ4n) is 2.94. The number of nitrogens with one attached hydrogen (secondary N) is 2. The van der Waals surface area contributed by atoms with E-state index in [9.17, 15) is 9.59 Å². The number of carbonyl (C=O) groups excluding carboxylic acids is 2. The number of benzene rings is 1. The highest BCUT2D eigenvalue weighted by Gasteiger charge is 2.18. The molecule has 2 N–H and O–H groups in total. The minimum atomic E-state index is -0.142. The van der Waals surface area contributed by atoms with E-state index in [0.29, 0.717) is 30.8 Å². The molecule has 0 saturated carbocycles. The molecule has 1 aromatic carbocycles. The number of nitrogens with zero attached hydrogens (tertiary/aromatic N) is 1. The van der Waals surface area contributed by atoms with Gasteiger partial charge in [0.15, 0.2) is 6.61 Å². The van der Waals surface area contributed by atoms with Gasteiger partial charge in [-0.1, -0.05) is 37.5 Å². The molecule has 6 heteroatoms. The third-order valence-electron chi connectivity index (χ3n) is 4.65. The van der Waals surface area contributed by atoms with Crippen molar-refractivity contribution < 1.29 is 14.3 Å². The molecule has 0 fully saturated rings. The fraction of sp³-hybridized carbons (Fsp3) is 0.364. The van der Waals surface area contributed by atoms with Crippen molar-refractivity contribution in [1.82, 2.24) is 10.2 Å². The Labute approximate surface area is 166 Å². The van der Waals surface area contributed by atoms with Crippen LogP contribution in [0.1, 0.15) is 18.4 Å². The van der Waals surface area contributed by atoms with Gasteiger partial charge in [0.1, 0.15) is 5.75 Å². The third-order valence-corrected chi connectivity index (χ3v) is 4.65. The number of hydrogen-bond donors (Lipinski definition) is 2. The second kappa shape index (κ2) is 10.5. The van der Waals surface area contributed by atoms with Crippen molar-refractivity contribution in [3.63, 3.8) is 0 Å². The Morgan fingerprint density at radius 2 is 2.14 bits per heavy atom. The number of ether oxygens (including phenoxy) is 1. The maximum atomic E-state index is 12.2. The predicted molar refractivity (Wildman–Crippen MR) is 112 cm³/mol. The summed E-state index contributed by atoms with van der Waals surface area (Å²) in [4.78, 5) is 25.7. The minimum absolute atomic E-state index is 0.0140. The summed E-state index contributed by atoms with van der Waals surface area (Å²) >= 11 is 0. The molecule has 1 aliphatic heterocycles. The largest absolute Gasteiger partial charge is 0.482 e. The van der Waals surface area contributed by atoms with Gasteiger partial charge >= 0.3 is 0 Å². The summed E-state index contributed by atoms with van der Waals surface area (Å²) in [5, 5.41) is 5.81. The van der Waals surface area contributed by atoms with E-state index in [4.69, 9.17) is 4.74 Å². The van der Waals surface area contributed by atoms with E-state index < -0.39 is 0 Å². The van der Waals surface area contributed by atoms with E-state index in [0.717, 1.165) is 17.6 Å². The Bertz CT molecular complexity index is 768. The lowest BCUT2D eigenvalue weighted by Crippen LogP contribution is -2.41. The summed E-state index contributed by atoms with van der Waals surface area (Å²) in [6.45, 7) is 8.00. The van der Waals surface area contributed by atoms with Gasteiger partial charge in [0, 0.05) is 19.0 Å². The van der Waals surface area contributed by atoms with Gasteiger partial charge in [-0.3, -0.25) is 9.59 Å². The minimum Gasteiger partial charge on any atom is -0.482 e. The summed E-state index contributed by atoms with van der Waals surface area (Å²) in [6.07, 6.45) is 7.12. The topological polar surface area (TPSA) is 70.7 Å². The summed E-state index contributed by atoms with van der Waals surface area (Å²) in [5.41, 5.74) is 2.78. The number of hydrogen-bond acceptors (Lipinski definition) is 4. The Hall–Kier alpha value is -2.86. The van der Waals surface area contributed by atoms with Crippen LogP contribution in [0.3, 0.4) is 0 Å². The molecule has 0 bridgehead atoms. The number of allylic oxidation sites excluding steroid dienone is 4. The lowest BCUT2D eigenvalue weighted by Gasteiger charge is -2.26. The second-order valence-corrected chi connectivity index (χ2v) is 6.97. The molecule has 0 aliphatic carbocycles. The maximum Gasteiger partial charge on any atom is 0.262 e. The van der Waals surface area contributed by atoms with Gasteiger partial charge in [0.2, 0.25) is 5.91 Å². The van der Waals surface area contributed by atoms with Crippen LogP contribution in [0.4, 0.5) is 5.69 Å². The molecule has 0 aromatic heterocycles. The molecule has 1 unspecified atom stereocenters. The number of fused-ring (bicyclic) bond motifs is 1. The normalized spacial score (nSPS) is 14.5. The lowest BCUT2D eigenvalue weighted by atomic mass is 10.0. The Balaban J connectivity index is 1.90. The third kappa shape index (κ3) is 6.39. The van der Waals surface area contributed by atoms with Crippen molar-refractivity contribution in [2.45, 2.75) is 25.3 Å². The molecule has 150 valence electrons. The predicted octanol–water partition coefficient (Wildman–Crippen LogP) is 2.69. The van der Waals surface area contributed by atoms with Crippen LogP contribution in [0.2, 0.25) is 0 Å². The van der Waals surface area contributed by atoms with Crippen molar-refractivity contribution in [2.24, 2.45) is 0 Å². The van der Waals surface area contributed by atoms with Gasteiger partial charge in [-0.2, -0.15) is 0 Å². The highest BCUT2D eigenvalue weighted by atomic mass is 16.5. The molecular weight excluding hydrogens is 354 g/mol. The number of anilines is 1. The second-order valence-electron chi connectivity index (χ2n) is 6.97. The molecule has 2 rings (SSSR count). The van der Waals surface area contributed by atoms with Crippen LogP contribution in [-0.2, 0) is 16.0 Å². The zero-order chi connectivity index (χ0) is 20.5. The first-order valence-electron chi connectivity index (χ1n) is 9.35. The van der Waals surface area contributed by atoms with Gasteiger partial charge in [-0.05, 0) is 50.2 Å². The van der Waals surface area contributed by atoms with E-state index in [1.54, 1.807) is 12.2 Å². The molecule has 1 atom stereocenters. The molecule has 6 nitrogen and oxygen atoms in total. The number of likely N-dealkylation sites (N-methyl/N-ethyl adjacent to an activating group) is 1. The Kier molecular flexibility index (Phi) is 8.02. The van der Waals surface area contributed by atoms with E-state index in [1.807, 2.05) is 38.4 Å². The molecule has 0 radical (unpaired) electrons. The van der Waals surface area contributed by atoms with Crippen molar-refractivity contribution >= 4 is 17.5 Å². The van der Waals surface area contributed by atoms with E-state index in [2.05, 4.69) is 28.7 Å². The number of amides is 2. The van der Waals surface area contributed by atoms with Gasteiger partial charge in [-0.15, -0.1) is 0 Å². The first-order valence-corrected chi connectivity index (χ1v) is 9.35. The van der Waals surface area contributed by atoms with Crippen molar-refractivity contribution in [3.05, 3.63) is 60.7 Å². The molecule has 1 aromatic rings. The van der Waals surface area contributed by atoms with Crippen molar-refractivity contribution in [3.8, 4) is 5.75 Å². The monoisotopic (exact) mass is 383 g/mol. The highest BCUT2D eigenvalue weighted by Crippen LogP contribution is 2.29. The average molecular weight is 383 g/mol. The maximum absolute atomic E-state index is 12.2. The van der Waals surface area contributed by atoms with Crippen molar-refractivity contribution in [1.29, 1.82) is 0 Å². The van der Waals surface area contributed by atoms with E-state index >= 15 is 0 Å². The summed E-state index contributed by atoms with van der Waals surface area (Å²) < 4.78 is 5.49. The molecular formula is C22H29N3O3. The average Bonchev–Trinajstić information content (AvgIpc) is 2.68. The summed E-state index contributed by atoms with van der Waals surface area (Å²) in [5.74, 6) is 0.557. The standard InChI is InChI=1S/C22H29N3O3/c1-5-7-16(6-2)9-11-21(26)23-14-18(25(3)4)12-17-8-10-19-20(13-17)28-15-22(27)24-19/h5-8,10,13,18H,1-2,9,11-12,14-15H2,3-4H3,(H,23,26)(H,24,27)/b16-7+. The van der Waals surface area contributed by atoms with E-state index in [1.165, 1.54) is 0 Å².